The molecule has 0 spiro atoms. The molecule has 0 heterocycles. The fraction of sp³-hybridized carbons (Fsp3) is 0.222. The molecule has 1 amide bonds. The molecule has 0 aliphatic carbocycles. The standard InChI is InChI=1S/C9H11ClN2O2/c1-12-9(13)5-3-8(14-2)7(11)4-6(5)10/h3-4H,11H2,1-2H3,(H,12,13). The van der Waals surface area contributed by atoms with Crippen LogP contribution in [0.25, 0.3) is 0 Å². The van der Waals surface area contributed by atoms with E-state index in [0.29, 0.717) is 22.0 Å². The number of amides is 1. The Hall–Kier alpha value is -1.42. The Morgan fingerprint density at radius 2 is 2.21 bits per heavy atom. The van der Waals surface area contributed by atoms with Crippen LogP contribution in [0.15, 0.2) is 12.1 Å². The average Bonchev–Trinajstić information content (AvgIpc) is 2.17. The first kappa shape index (κ1) is 10.7. The Morgan fingerprint density at radius 3 is 2.71 bits per heavy atom. The average molecular weight is 215 g/mol. The van der Waals surface area contributed by atoms with E-state index in [4.69, 9.17) is 22.1 Å². The molecule has 0 fully saturated rings. The molecule has 1 rings (SSSR count). The highest BCUT2D eigenvalue weighted by Crippen LogP contribution is 2.28. The SMILES string of the molecule is CNC(=O)c1cc(OC)c(N)cc1Cl. The van der Waals surface area contributed by atoms with Crippen LogP contribution in [0.2, 0.25) is 5.02 Å². The van der Waals surface area contributed by atoms with Crippen LogP contribution in [-0.2, 0) is 0 Å². The van der Waals surface area contributed by atoms with Crippen molar-refractivity contribution in [2.45, 2.75) is 0 Å². The summed E-state index contributed by atoms with van der Waals surface area (Å²) < 4.78 is 4.97. The monoisotopic (exact) mass is 214 g/mol. The van der Waals surface area contributed by atoms with Gasteiger partial charge < -0.3 is 15.8 Å². The molecule has 0 aliphatic rings. The molecule has 5 heteroatoms. The smallest absolute Gasteiger partial charge is 0.252 e. The maximum absolute atomic E-state index is 11.3. The minimum Gasteiger partial charge on any atom is -0.495 e. The number of halogens is 1. The van der Waals surface area contributed by atoms with Crippen LogP contribution in [0.1, 0.15) is 10.4 Å². The molecule has 0 radical (unpaired) electrons. The summed E-state index contributed by atoms with van der Waals surface area (Å²) in [5.41, 5.74) is 6.36. The van der Waals surface area contributed by atoms with E-state index in [2.05, 4.69) is 5.32 Å². The number of rotatable bonds is 2. The van der Waals surface area contributed by atoms with Crippen LogP contribution in [0.4, 0.5) is 5.69 Å². The Bertz CT molecular complexity index is 366. The Labute approximate surface area is 87.0 Å². The normalized spacial score (nSPS) is 9.64. The summed E-state index contributed by atoms with van der Waals surface area (Å²) in [6.07, 6.45) is 0. The molecule has 1 aromatic rings. The zero-order chi connectivity index (χ0) is 10.7. The van der Waals surface area contributed by atoms with Gasteiger partial charge in [-0.2, -0.15) is 0 Å². The molecule has 4 nitrogen and oxygen atoms in total. The predicted octanol–water partition coefficient (Wildman–Crippen LogP) is 1.29. The zero-order valence-electron chi connectivity index (χ0n) is 7.93. The number of carbonyl (C=O) groups is 1. The van der Waals surface area contributed by atoms with E-state index in [0.717, 1.165) is 0 Å². The predicted molar refractivity (Wildman–Crippen MR) is 55.8 cm³/mol. The highest BCUT2D eigenvalue weighted by Gasteiger charge is 2.12. The van der Waals surface area contributed by atoms with E-state index in [1.54, 1.807) is 0 Å². The summed E-state index contributed by atoms with van der Waals surface area (Å²) in [5, 5.41) is 2.78. The van der Waals surface area contributed by atoms with Crippen LogP contribution in [0.3, 0.4) is 0 Å². The topological polar surface area (TPSA) is 64.3 Å². The maximum atomic E-state index is 11.3. The van der Waals surface area contributed by atoms with Crippen molar-refractivity contribution in [2.75, 3.05) is 19.9 Å². The number of anilines is 1. The van der Waals surface area contributed by atoms with E-state index < -0.39 is 0 Å². The van der Waals surface area contributed by atoms with Gasteiger partial charge in [0.2, 0.25) is 0 Å². The first-order valence-electron chi connectivity index (χ1n) is 3.95. The number of hydrogen-bond donors (Lipinski definition) is 2. The van der Waals surface area contributed by atoms with Crippen molar-refractivity contribution in [3.8, 4) is 5.75 Å². The minimum atomic E-state index is -0.270. The van der Waals surface area contributed by atoms with Gasteiger partial charge in [-0.15, -0.1) is 0 Å². The summed E-state index contributed by atoms with van der Waals surface area (Å²) in [6, 6.07) is 3.00. The summed E-state index contributed by atoms with van der Waals surface area (Å²) in [5.74, 6) is 0.168. The molecule has 3 N–H and O–H groups in total. The highest BCUT2D eigenvalue weighted by molar-refractivity contribution is 6.34. The molecule has 0 atom stereocenters. The summed E-state index contributed by atoms with van der Waals surface area (Å²) in [4.78, 5) is 11.3. The summed E-state index contributed by atoms with van der Waals surface area (Å²) >= 11 is 5.84. The summed E-state index contributed by atoms with van der Waals surface area (Å²) in [7, 11) is 3.01. The maximum Gasteiger partial charge on any atom is 0.252 e. The highest BCUT2D eigenvalue weighted by atomic mass is 35.5. The van der Waals surface area contributed by atoms with E-state index >= 15 is 0 Å². The lowest BCUT2D eigenvalue weighted by atomic mass is 10.2. The largest absolute Gasteiger partial charge is 0.495 e. The molecule has 0 saturated carbocycles. The Kier molecular flexibility index (Phi) is 3.19. The fourth-order valence-electron chi connectivity index (χ4n) is 1.05. The van der Waals surface area contributed by atoms with Crippen molar-refractivity contribution in [1.82, 2.24) is 5.32 Å². The second kappa shape index (κ2) is 4.19. The van der Waals surface area contributed by atoms with Gasteiger partial charge >= 0.3 is 0 Å². The van der Waals surface area contributed by atoms with Gasteiger partial charge in [-0.1, -0.05) is 11.6 Å². The Balaban J connectivity index is 3.24. The van der Waals surface area contributed by atoms with Crippen molar-refractivity contribution in [2.24, 2.45) is 0 Å². The van der Waals surface area contributed by atoms with Crippen LogP contribution >= 0.6 is 11.6 Å². The van der Waals surface area contributed by atoms with Gasteiger partial charge in [0.25, 0.3) is 5.91 Å². The number of benzene rings is 1. The third kappa shape index (κ3) is 1.90. The number of carbonyl (C=O) groups excluding carboxylic acids is 1. The van der Waals surface area contributed by atoms with Gasteiger partial charge in [0, 0.05) is 7.05 Å². The summed E-state index contributed by atoms with van der Waals surface area (Å²) in [6.45, 7) is 0. The first-order valence-corrected chi connectivity index (χ1v) is 4.33. The van der Waals surface area contributed by atoms with Gasteiger partial charge in [0.15, 0.2) is 0 Å². The van der Waals surface area contributed by atoms with E-state index in [1.165, 1.54) is 26.3 Å². The molecule has 0 saturated heterocycles. The Morgan fingerprint density at radius 1 is 1.57 bits per heavy atom. The first-order chi connectivity index (χ1) is 6.60. The lowest BCUT2D eigenvalue weighted by molar-refractivity contribution is 0.0963. The number of nitrogens with one attached hydrogen (secondary N) is 1. The third-order valence-corrected chi connectivity index (χ3v) is 2.10. The molecule has 0 bridgehead atoms. The lowest BCUT2D eigenvalue weighted by Gasteiger charge is -2.08. The second-order valence-electron chi connectivity index (χ2n) is 2.65. The van der Waals surface area contributed by atoms with Crippen molar-refractivity contribution in [3.63, 3.8) is 0 Å². The number of nitrogens with two attached hydrogens (primary N) is 1. The second-order valence-corrected chi connectivity index (χ2v) is 3.06. The number of ether oxygens (including phenoxy) is 1. The van der Waals surface area contributed by atoms with Crippen LogP contribution < -0.4 is 15.8 Å². The molecule has 1 aromatic carbocycles. The molecular weight excluding hydrogens is 204 g/mol. The fourth-order valence-corrected chi connectivity index (χ4v) is 1.31. The molecule has 76 valence electrons. The molecule has 0 unspecified atom stereocenters. The van der Waals surface area contributed by atoms with Crippen LogP contribution in [0.5, 0.6) is 5.75 Å². The van der Waals surface area contributed by atoms with Gasteiger partial charge in [-0.25, -0.2) is 0 Å². The number of nitrogen functional groups attached to an aromatic ring is 1. The van der Waals surface area contributed by atoms with Crippen LogP contribution in [0, 0.1) is 0 Å². The van der Waals surface area contributed by atoms with Crippen LogP contribution in [-0.4, -0.2) is 20.1 Å². The number of hydrogen-bond acceptors (Lipinski definition) is 3. The molecule has 0 aromatic heterocycles. The van der Waals surface area contributed by atoms with Gasteiger partial charge in [0.1, 0.15) is 5.75 Å². The third-order valence-electron chi connectivity index (χ3n) is 1.79. The number of methoxy groups -OCH3 is 1. The minimum absolute atomic E-state index is 0.270. The van der Waals surface area contributed by atoms with Gasteiger partial charge in [-0.05, 0) is 12.1 Å². The van der Waals surface area contributed by atoms with Crippen molar-refractivity contribution >= 4 is 23.2 Å². The van der Waals surface area contributed by atoms with Crippen molar-refractivity contribution in [3.05, 3.63) is 22.7 Å². The van der Waals surface area contributed by atoms with Crippen molar-refractivity contribution < 1.29 is 9.53 Å². The van der Waals surface area contributed by atoms with Gasteiger partial charge in [0.05, 0.1) is 23.4 Å². The van der Waals surface area contributed by atoms with E-state index in [1.807, 2.05) is 0 Å². The van der Waals surface area contributed by atoms with Crippen molar-refractivity contribution in [1.29, 1.82) is 0 Å². The zero-order valence-corrected chi connectivity index (χ0v) is 8.68. The van der Waals surface area contributed by atoms with E-state index in [9.17, 15) is 4.79 Å². The molecule has 0 aliphatic heterocycles. The quantitative estimate of drug-likeness (QED) is 0.730. The van der Waals surface area contributed by atoms with E-state index in [-0.39, 0.29) is 5.91 Å². The van der Waals surface area contributed by atoms with Gasteiger partial charge in [-0.3, -0.25) is 4.79 Å². The molecule has 14 heavy (non-hydrogen) atoms. The molecular formula is C9H11ClN2O2. The lowest BCUT2D eigenvalue weighted by Crippen LogP contribution is -2.18.